The molecule has 398 valence electrons. The zero-order valence-corrected chi connectivity index (χ0v) is 43.6. The second-order valence-electron chi connectivity index (χ2n) is 18.7. The molecule has 0 saturated heterocycles. The monoisotopic (exact) mass is 1070 g/mol. The maximum atomic E-state index is 12.6. The zero-order chi connectivity index (χ0) is 53.9. The predicted molar refractivity (Wildman–Crippen MR) is 286 cm³/mol. The van der Waals surface area contributed by atoms with E-state index < -0.39 is 24.0 Å². The number of carbonyl (C=O) groups excluding carboxylic acids is 2. The topological polar surface area (TPSA) is 234 Å². The number of halogens is 2. The minimum atomic E-state index is -1.10. The Hall–Kier alpha value is -7.18. The third kappa shape index (κ3) is 13.4. The first-order valence-corrected chi connectivity index (χ1v) is 25.7. The molecule has 2 atom stereocenters. The molecule has 16 nitrogen and oxygen atoms in total. The Morgan fingerprint density at radius 1 is 0.539 bits per heavy atom. The first kappa shape index (κ1) is 55.1. The van der Waals surface area contributed by atoms with E-state index in [1.54, 1.807) is 24.3 Å². The summed E-state index contributed by atoms with van der Waals surface area (Å²) in [4.78, 5) is 49.0. The molecule has 0 aliphatic carbocycles. The van der Waals surface area contributed by atoms with Crippen molar-refractivity contribution in [3.05, 3.63) is 174 Å². The normalized spacial score (nSPS) is 13.7. The summed E-state index contributed by atoms with van der Waals surface area (Å²) in [6.07, 6.45) is 1.48. The van der Waals surface area contributed by atoms with Crippen LogP contribution in [0.2, 0.25) is 10.0 Å². The first-order chi connectivity index (χ1) is 36.7. The number of nitrogens with one attached hydrogen (secondary N) is 4. The van der Waals surface area contributed by atoms with Crippen molar-refractivity contribution in [2.24, 2.45) is 0 Å². The highest BCUT2D eigenvalue weighted by molar-refractivity contribution is 6.32. The fourth-order valence-corrected chi connectivity index (χ4v) is 9.74. The Labute approximate surface area is 450 Å². The van der Waals surface area contributed by atoms with Crippen LogP contribution in [0.25, 0.3) is 11.1 Å². The molecule has 8 N–H and O–H groups in total. The van der Waals surface area contributed by atoms with E-state index in [1.165, 1.54) is 0 Å². The summed E-state index contributed by atoms with van der Waals surface area (Å²) in [6, 6.07) is 27.9. The van der Waals surface area contributed by atoms with E-state index in [-0.39, 0.29) is 87.4 Å². The highest BCUT2D eigenvalue weighted by Crippen LogP contribution is 2.38. The molecule has 6 aromatic rings. The standard InChI is InChI=1S/C58H60Cl2N4O12/c1-33-39(31-75-53-25-51(41(23-47(53)59)27-63-49(15-19-65)57(69)70)73-29-35-9-11-37-13-17-61-55(67)45(37)21-35)5-3-7-43(33)44-8-4-6-40(34(44)2)32-76-54-26-52(42(24-48(54)60)28-64-50(16-20-66)58(71)72)74-30-36-10-12-38-14-18-62-56(68)46(38)22-36/h3-12,21-26,49-50,63-66H,13-20,27-32H2,1-2H3,(H,61,67)(H,62,68)(H,69,70)(H,71,72). The molecule has 8 rings (SSSR count). The summed E-state index contributed by atoms with van der Waals surface area (Å²) in [7, 11) is 0. The summed E-state index contributed by atoms with van der Waals surface area (Å²) < 4.78 is 25.5. The van der Waals surface area contributed by atoms with Crippen LogP contribution in [0.3, 0.4) is 0 Å². The molecule has 2 heterocycles. The third-order valence-electron chi connectivity index (χ3n) is 13.7. The average Bonchev–Trinajstić information content (AvgIpc) is 3.41. The average molecular weight is 1080 g/mol. The summed E-state index contributed by atoms with van der Waals surface area (Å²) in [5.74, 6) is -1.02. The fraction of sp³-hybridized carbons (Fsp3) is 0.310. The molecule has 2 aliphatic heterocycles. The molecular formula is C58H60Cl2N4O12. The number of ether oxygens (including phenoxy) is 4. The summed E-state index contributed by atoms with van der Waals surface area (Å²) in [6.45, 7) is 5.20. The van der Waals surface area contributed by atoms with Gasteiger partial charge in [-0.3, -0.25) is 19.2 Å². The molecule has 2 amide bonds. The molecule has 0 spiro atoms. The fourth-order valence-electron chi connectivity index (χ4n) is 9.26. The number of amides is 2. The van der Waals surface area contributed by atoms with Crippen molar-refractivity contribution in [1.29, 1.82) is 0 Å². The Bertz CT molecular complexity index is 2920. The predicted octanol–water partition coefficient (Wildman–Crippen LogP) is 8.02. The molecule has 0 aromatic heterocycles. The van der Waals surface area contributed by atoms with Crippen LogP contribution in [-0.2, 0) is 61.9 Å². The van der Waals surface area contributed by atoms with Crippen molar-refractivity contribution < 1.29 is 58.6 Å². The van der Waals surface area contributed by atoms with Crippen LogP contribution >= 0.6 is 23.2 Å². The maximum absolute atomic E-state index is 12.6. The number of aliphatic hydroxyl groups excluding tert-OH is 2. The van der Waals surface area contributed by atoms with E-state index in [2.05, 4.69) is 21.3 Å². The summed E-state index contributed by atoms with van der Waals surface area (Å²) in [5, 5.41) is 50.7. The van der Waals surface area contributed by atoms with Crippen molar-refractivity contribution in [3.8, 4) is 34.1 Å². The maximum Gasteiger partial charge on any atom is 0.320 e. The lowest BCUT2D eigenvalue weighted by Crippen LogP contribution is -2.37. The van der Waals surface area contributed by atoms with Crippen molar-refractivity contribution in [2.45, 2.75) is 91.1 Å². The van der Waals surface area contributed by atoms with Gasteiger partial charge in [-0.25, -0.2) is 0 Å². The molecule has 0 bridgehead atoms. The Morgan fingerprint density at radius 2 is 0.947 bits per heavy atom. The Kier molecular flexibility index (Phi) is 18.5. The van der Waals surface area contributed by atoms with Gasteiger partial charge in [0.25, 0.3) is 11.8 Å². The van der Waals surface area contributed by atoms with Crippen LogP contribution < -0.4 is 40.2 Å². The first-order valence-electron chi connectivity index (χ1n) is 25.0. The number of carboxylic acid groups (broad SMARTS) is 2. The molecule has 6 aromatic carbocycles. The molecule has 0 fully saturated rings. The summed E-state index contributed by atoms with van der Waals surface area (Å²) >= 11 is 13.7. The van der Waals surface area contributed by atoms with E-state index in [9.17, 15) is 39.6 Å². The quantitative estimate of drug-likeness (QED) is 0.0271. The molecular weight excluding hydrogens is 1020 g/mol. The number of aliphatic hydroxyl groups is 2. The third-order valence-corrected chi connectivity index (χ3v) is 14.3. The van der Waals surface area contributed by atoms with Crippen LogP contribution in [0.1, 0.15) is 89.2 Å². The van der Waals surface area contributed by atoms with Gasteiger partial charge < -0.3 is 60.6 Å². The number of fused-ring (bicyclic) bond motifs is 2. The van der Waals surface area contributed by atoms with Gasteiger partial charge in [0.15, 0.2) is 0 Å². The molecule has 2 aliphatic rings. The SMILES string of the molecule is Cc1c(COc2cc(OCc3ccc4c(c3)C(=O)NCC4)c(CNC(CCO)C(=O)O)cc2Cl)cccc1-c1cccc(COc2cc(OCc3ccc4c(c3)C(=O)NCC4)c(CNC(CCO)C(=O)O)cc2Cl)c1C. The Balaban J connectivity index is 0.994. The second kappa shape index (κ2) is 25.6. The number of carboxylic acids is 2. The lowest BCUT2D eigenvalue weighted by molar-refractivity contribution is -0.140. The van der Waals surface area contributed by atoms with Gasteiger partial charge in [0.1, 0.15) is 61.5 Å². The van der Waals surface area contributed by atoms with E-state index >= 15 is 0 Å². The van der Waals surface area contributed by atoms with Gasteiger partial charge in [-0.1, -0.05) is 83.9 Å². The number of hydrogen-bond donors (Lipinski definition) is 8. The van der Waals surface area contributed by atoms with E-state index in [1.807, 2.05) is 86.6 Å². The largest absolute Gasteiger partial charge is 0.488 e. The van der Waals surface area contributed by atoms with Gasteiger partial charge in [0.2, 0.25) is 0 Å². The van der Waals surface area contributed by atoms with Crippen LogP contribution in [-0.4, -0.2) is 82.6 Å². The van der Waals surface area contributed by atoms with Crippen molar-refractivity contribution in [1.82, 2.24) is 21.3 Å². The van der Waals surface area contributed by atoms with Crippen LogP contribution in [0, 0.1) is 13.8 Å². The van der Waals surface area contributed by atoms with Gasteiger partial charge in [-0.05, 0) is 119 Å². The zero-order valence-electron chi connectivity index (χ0n) is 42.1. The number of benzene rings is 6. The van der Waals surface area contributed by atoms with Crippen molar-refractivity contribution in [2.75, 3.05) is 26.3 Å². The lowest BCUT2D eigenvalue weighted by Gasteiger charge is -2.20. The van der Waals surface area contributed by atoms with Gasteiger partial charge in [-0.2, -0.15) is 0 Å². The molecule has 2 unspecified atom stereocenters. The van der Waals surface area contributed by atoms with Crippen LogP contribution in [0.5, 0.6) is 23.0 Å². The van der Waals surface area contributed by atoms with Gasteiger partial charge in [0, 0.05) is 73.8 Å². The molecule has 76 heavy (non-hydrogen) atoms. The van der Waals surface area contributed by atoms with Crippen LogP contribution in [0.15, 0.2) is 97.1 Å². The summed E-state index contributed by atoms with van der Waals surface area (Å²) in [5.41, 5.74) is 11.4. The van der Waals surface area contributed by atoms with E-state index in [0.29, 0.717) is 58.3 Å². The van der Waals surface area contributed by atoms with E-state index in [4.69, 9.17) is 42.1 Å². The lowest BCUT2D eigenvalue weighted by atomic mass is 9.92. The number of rotatable bonds is 25. The number of hydrogen-bond acceptors (Lipinski definition) is 12. The van der Waals surface area contributed by atoms with Crippen LogP contribution in [0.4, 0.5) is 0 Å². The van der Waals surface area contributed by atoms with Gasteiger partial charge >= 0.3 is 11.9 Å². The Morgan fingerprint density at radius 3 is 1.34 bits per heavy atom. The van der Waals surface area contributed by atoms with Crippen molar-refractivity contribution in [3.63, 3.8) is 0 Å². The molecule has 0 radical (unpaired) electrons. The van der Waals surface area contributed by atoms with Crippen molar-refractivity contribution >= 4 is 47.0 Å². The van der Waals surface area contributed by atoms with Gasteiger partial charge in [-0.15, -0.1) is 0 Å². The molecule has 18 heteroatoms. The highest BCUT2D eigenvalue weighted by atomic mass is 35.5. The number of aliphatic carboxylic acids is 2. The number of carbonyl (C=O) groups is 4. The second-order valence-corrected chi connectivity index (χ2v) is 19.5. The minimum Gasteiger partial charge on any atom is -0.488 e. The highest BCUT2D eigenvalue weighted by Gasteiger charge is 2.23. The molecule has 0 saturated carbocycles. The smallest absolute Gasteiger partial charge is 0.320 e. The van der Waals surface area contributed by atoms with Gasteiger partial charge in [0.05, 0.1) is 10.0 Å². The van der Waals surface area contributed by atoms with E-state index in [0.717, 1.165) is 68.5 Å². The minimum absolute atomic E-state index is 0.00242.